The lowest BCUT2D eigenvalue weighted by Gasteiger charge is -2.25. The van der Waals surface area contributed by atoms with Crippen LogP contribution in [0.25, 0.3) is 0 Å². The van der Waals surface area contributed by atoms with E-state index in [9.17, 15) is 0 Å². The largest absolute Gasteiger partial charge is 0.327 e. The van der Waals surface area contributed by atoms with E-state index in [1.54, 1.807) is 4.90 Å². The van der Waals surface area contributed by atoms with Gasteiger partial charge in [0.1, 0.15) is 6.54 Å². The maximum atomic E-state index is 5.39. The maximum absolute atomic E-state index is 5.39. The highest BCUT2D eigenvalue weighted by molar-refractivity contribution is 7.71. The molecular formula is C14H18N3S+. The summed E-state index contributed by atoms with van der Waals surface area (Å²) in [7, 11) is 2.00. The smallest absolute Gasteiger partial charge is 0.183 e. The van der Waals surface area contributed by atoms with Gasteiger partial charge in [0.25, 0.3) is 0 Å². The molecule has 1 N–H and O–H groups in total. The number of fused-ring (bicyclic) bond motifs is 1. The fraction of sp³-hybridized carbons (Fsp3) is 0.357. The minimum Gasteiger partial charge on any atom is -0.327 e. The number of quaternary nitrogens is 1. The zero-order chi connectivity index (χ0) is 12.5. The predicted octanol–water partition coefficient (Wildman–Crippen LogP) is 1.15. The van der Waals surface area contributed by atoms with E-state index in [1.165, 1.54) is 24.1 Å². The van der Waals surface area contributed by atoms with Crippen molar-refractivity contribution in [2.45, 2.75) is 19.6 Å². The molecule has 1 atom stereocenters. The first-order valence-corrected chi connectivity index (χ1v) is 6.77. The van der Waals surface area contributed by atoms with E-state index in [4.69, 9.17) is 12.2 Å². The molecule has 1 aliphatic heterocycles. The number of nitrogens with zero attached hydrogens (tertiary/aromatic N) is 2. The Hall–Kier alpha value is -1.39. The second kappa shape index (κ2) is 4.71. The predicted molar refractivity (Wildman–Crippen MR) is 73.9 cm³/mol. The highest BCUT2D eigenvalue weighted by Gasteiger charge is 2.19. The van der Waals surface area contributed by atoms with Crippen LogP contribution < -0.4 is 4.90 Å². The van der Waals surface area contributed by atoms with Crippen LogP contribution in [0.15, 0.2) is 36.7 Å². The molecule has 0 aliphatic carbocycles. The molecule has 0 saturated heterocycles. The van der Waals surface area contributed by atoms with Crippen molar-refractivity contribution in [2.75, 3.05) is 6.54 Å². The summed E-state index contributed by atoms with van der Waals surface area (Å²) < 4.78 is 5.06. The summed E-state index contributed by atoms with van der Waals surface area (Å²) in [5.41, 5.74) is 3.00. The maximum Gasteiger partial charge on any atom is 0.183 e. The summed E-state index contributed by atoms with van der Waals surface area (Å²) >= 11 is 5.39. The second-order valence-electron chi connectivity index (χ2n) is 5.02. The number of hydrogen-bond donors (Lipinski definition) is 1. The van der Waals surface area contributed by atoms with E-state index >= 15 is 0 Å². The zero-order valence-electron chi connectivity index (χ0n) is 10.6. The molecule has 3 rings (SSSR count). The van der Waals surface area contributed by atoms with Crippen LogP contribution in [0.4, 0.5) is 0 Å². The van der Waals surface area contributed by atoms with Crippen molar-refractivity contribution in [1.29, 1.82) is 0 Å². The van der Waals surface area contributed by atoms with Crippen LogP contribution in [-0.4, -0.2) is 15.7 Å². The first kappa shape index (κ1) is 11.7. The number of benzene rings is 1. The summed E-state index contributed by atoms with van der Waals surface area (Å²) in [5, 5.41) is 0. The van der Waals surface area contributed by atoms with E-state index in [0.717, 1.165) is 18.0 Å². The van der Waals surface area contributed by atoms with Gasteiger partial charge in [-0.2, -0.15) is 0 Å². The van der Waals surface area contributed by atoms with E-state index in [1.807, 2.05) is 17.8 Å². The summed E-state index contributed by atoms with van der Waals surface area (Å²) in [4.78, 5) is 1.58. The number of nitrogens with one attached hydrogen (secondary N) is 1. The molecule has 1 aromatic carbocycles. The highest BCUT2D eigenvalue weighted by atomic mass is 32.1. The van der Waals surface area contributed by atoms with E-state index in [-0.39, 0.29) is 0 Å². The van der Waals surface area contributed by atoms with Gasteiger partial charge >= 0.3 is 0 Å². The molecular weight excluding hydrogens is 242 g/mol. The minimum absolute atomic E-state index is 0.904. The SMILES string of the molecule is Cn1ccn(C[NH+]2CCc3ccccc3C2)c1=S. The Bertz CT molecular complexity index is 611. The van der Waals surface area contributed by atoms with Crippen LogP contribution in [0.1, 0.15) is 11.1 Å². The van der Waals surface area contributed by atoms with Crippen LogP contribution >= 0.6 is 12.2 Å². The van der Waals surface area contributed by atoms with E-state index in [0.29, 0.717) is 0 Å². The number of rotatable bonds is 2. The Morgan fingerprint density at radius 1 is 1.22 bits per heavy atom. The average molecular weight is 260 g/mol. The van der Waals surface area contributed by atoms with Crippen molar-refractivity contribution in [2.24, 2.45) is 7.05 Å². The summed E-state index contributed by atoms with van der Waals surface area (Å²) in [5.74, 6) is 0. The number of hydrogen-bond acceptors (Lipinski definition) is 1. The zero-order valence-corrected chi connectivity index (χ0v) is 11.4. The quantitative estimate of drug-likeness (QED) is 0.800. The number of aryl methyl sites for hydroxylation is 1. The summed E-state index contributed by atoms with van der Waals surface area (Å²) in [6.07, 6.45) is 5.28. The van der Waals surface area contributed by atoms with Gasteiger partial charge in [-0.15, -0.1) is 0 Å². The molecule has 0 amide bonds. The van der Waals surface area contributed by atoms with Crippen LogP contribution in [-0.2, 0) is 26.7 Å². The average Bonchev–Trinajstić information content (AvgIpc) is 2.71. The molecule has 0 radical (unpaired) electrons. The Kier molecular flexibility index (Phi) is 3.06. The van der Waals surface area contributed by atoms with Gasteiger partial charge in [-0.1, -0.05) is 24.3 Å². The third-order valence-corrected chi connectivity index (χ3v) is 4.24. The van der Waals surface area contributed by atoms with Gasteiger partial charge in [0.05, 0.1) is 6.54 Å². The Labute approximate surface area is 112 Å². The Morgan fingerprint density at radius 3 is 2.72 bits per heavy atom. The molecule has 18 heavy (non-hydrogen) atoms. The molecule has 3 nitrogen and oxygen atoms in total. The lowest BCUT2D eigenvalue weighted by Crippen LogP contribution is -3.11. The molecule has 1 aromatic heterocycles. The lowest BCUT2D eigenvalue weighted by atomic mass is 10.0. The molecule has 2 aromatic rings. The fourth-order valence-corrected chi connectivity index (χ4v) is 2.84. The van der Waals surface area contributed by atoms with Crippen molar-refractivity contribution >= 4 is 12.2 Å². The summed E-state index contributed by atoms with van der Waals surface area (Å²) in [6.45, 7) is 3.26. The van der Waals surface area contributed by atoms with Gasteiger partial charge in [-0.05, 0) is 17.8 Å². The van der Waals surface area contributed by atoms with Crippen LogP contribution in [0.3, 0.4) is 0 Å². The molecule has 94 valence electrons. The first-order chi connectivity index (χ1) is 8.74. The minimum atomic E-state index is 0.904. The molecule has 0 fully saturated rings. The normalized spacial score (nSPS) is 18.6. The second-order valence-corrected chi connectivity index (χ2v) is 5.38. The third kappa shape index (κ3) is 2.13. The van der Waals surface area contributed by atoms with Crippen LogP contribution in [0, 0.1) is 4.77 Å². The van der Waals surface area contributed by atoms with E-state index in [2.05, 4.69) is 35.0 Å². The van der Waals surface area contributed by atoms with Crippen molar-refractivity contribution in [1.82, 2.24) is 9.13 Å². The van der Waals surface area contributed by atoms with Gasteiger partial charge in [0.15, 0.2) is 11.4 Å². The molecule has 2 heterocycles. The van der Waals surface area contributed by atoms with Crippen molar-refractivity contribution < 1.29 is 4.90 Å². The Balaban J connectivity index is 1.77. The highest BCUT2D eigenvalue weighted by Crippen LogP contribution is 2.10. The fourth-order valence-electron chi connectivity index (χ4n) is 2.65. The summed E-state index contributed by atoms with van der Waals surface area (Å²) in [6, 6.07) is 8.77. The molecule has 4 heteroatoms. The van der Waals surface area contributed by atoms with E-state index < -0.39 is 0 Å². The van der Waals surface area contributed by atoms with Crippen molar-refractivity contribution in [3.63, 3.8) is 0 Å². The lowest BCUT2D eigenvalue weighted by molar-refractivity contribution is -0.938. The molecule has 1 aliphatic rings. The van der Waals surface area contributed by atoms with Gasteiger partial charge in [0.2, 0.25) is 0 Å². The van der Waals surface area contributed by atoms with Gasteiger partial charge in [0, 0.05) is 31.4 Å². The molecule has 0 bridgehead atoms. The van der Waals surface area contributed by atoms with Crippen LogP contribution in [0.5, 0.6) is 0 Å². The topological polar surface area (TPSA) is 14.3 Å². The van der Waals surface area contributed by atoms with Crippen LogP contribution in [0.2, 0.25) is 0 Å². The monoisotopic (exact) mass is 260 g/mol. The number of aromatic nitrogens is 2. The molecule has 1 unspecified atom stereocenters. The first-order valence-electron chi connectivity index (χ1n) is 6.36. The van der Waals surface area contributed by atoms with Crippen molar-refractivity contribution in [3.05, 3.63) is 52.6 Å². The third-order valence-electron chi connectivity index (χ3n) is 3.72. The molecule has 0 spiro atoms. The number of imidazole rings is 1. The van der Waals surface area contributed by atoms with Gasteiger partial charge < -0.3 is 9.47 Å². The molecule has 0 saturated carbocycles. The Morgan fingerprint density at radius 2 is 2.00 bits per heavy atom. The standard InChI is InChI=1S/C14H17N3S/c1-15-8-9-17(14(15)18)11-16-7-6-12-4-2-3-5-13(12)10-16/h2-5,8-9H,6-7,10-11H2,1H3/p+1. The van der Waals surface area contributed by atoms with Gasteiger partial charge in [-0.25, -0.2) is 0 Å². The van der Waals surface area contributed by atoms with Crippen molar-refractivity contribution in [3.8, 4) is 0 Å². The van der Waals surface area contributed by atoms with Gasteiger partial charge in [-0.3, -0.25) is 4.57 Å².